The standard InChI is InChI=1S/C34H54O8/c1-9-27(36)33(8)32(42-33)24(6)18-23(5)31-25(7)29(38)20(2)14-15-26(35)13-11-10-12-21(3)30-22(4)16-17-34(39,41-30)19-28(37)40-31/h12,14-16,20,23-26,29-32,35,38-39H,9-11,13,17-19H2,1-8H3. The van der Waals surface area contributed by atoms with Gasteiger partial charge in [-0.1, -0.05) is 58.9 Å². The molecule has 1 fully saturated rings. The van der Waals surface area contributed by atoms with Gasteiger partial charge in [0.05, 0.1) is 24.7 Å². The summed E-state index contributed by atoms with van der Waals surface area (Å²) in [4.78, 5) is 25.8. The molecule has 0 aromatic heterocycles. The van der Waals surface area contributed by atoms with Crippen LogP contribution in [0.3, 0.4) is 0 Å². The van der Waals surface area contributed by atoms with E-state index in [0.717, 1.165) is 24.0 Å². The molecule has 8 heteroatoms. The Labute approximate surface area is 252 Å². The third-order valence-electron chi connectivity index (χ3n) is 9.55. The molecule has 3 aliphatic heterocycles. The summed E-state index contributed by atoms with van der Waals surface area (Å²) >= 11 is 0. The lowest BCUT2D eigenvalue weighted by molar-refractivity contribution is -0.230. The highest BCUT2D eigenvalue weighted by atomic mass is 16.6. The van der Waals surface area contributed by atoms with Gasteiger partial charge < -0.3 is 29.5 Å². The first-order valence-corrected chi connectivity index (χ1v) is 15.8. The van der Waals surface area contributed by atoms with Crippen LogP contribution < -0.4 is 0 Å². The summed E-state index contributed by atoms with van der Waals surface area (Å²) in [6.45, 7) is 15.3. The number of epoxide rings is 1. The topological polar surface area (TPSA) is 126 Å². The van der Waals surface area contributed by atoms with Crippen LogP contribution in [0.5, 0.6) is 0 Å². The molecule has 1 saturated heterocycles. The maximum Gasteiger partial charge on any atom is 0.311 e. The van der Waals surface area contributed by atoms with Gasteiger partial charge >= 0.3 is 5.97 Å². The van der Waals surface area contributed by atoms with Crippen LogP contribution >= 0.6 is 0 Å². The van der Waals surface area contributed by atoms with Crippen LogP contribution in [0.15, 0.2) is 35.5 Å². The number of hydrogen-bond acceptors (Lipinski definition) is 8. The fourth-order valence-corrected chi connectivity index (χ4v) is 6.77. The van der Waals surface area contributed by atoms with E-state index >= 15 is 0 Å². The number of ketones is 1. The van der Waals surface area contributed by atoms with Crippen LogP contribution in [0, 0.1) is 23.7 Å². The molecule has 2 bridgehead atoms. The number of esters is 1. The number of fused-ring (bicyclic) bond motifs is 2. The van der Waals surface area contributed by atoms with Crippen molar-refractivity contribution in [3.8, 4) is 0 Å². The number of rotatable bonds is 6. The molecular weight excluding hydrogens is 536 g/mol. The Morgan fingerprint density at radius 3 is 2.40 bits per heavy atom. The van der Waals surface area contributed by atoms with Crippen LogP contribution in [-0.2, 0) is 23.8 Å². The molecule has 0 spiro atoms. The fraction of sp³-hybridized carbons (Fsp3) is 0.765. The number of ether oxygens (including phenoxy) is 3. The zero-order valence-electron chi connectivity index (χ0n) is 26.8. The Hall–Kier alpha value is -1.84. The summed E-state index contributed by atoms with van der Waals surface area (Å²) in [6, 6.07) is 0. The van der Waals surface area contributed by atoms with Crippen molar-refractivity contribution in [2.75, 3.05) is 0 Å². The number of aliphatic hydroxyl groups excluding tert-OH is 2. The molecule has 3 heterocycles. The van der Waals surface area contributed by atoms with Crippen LogP contribution in [0.25, 0.3) is 0 Å². The van der Waals surface area contributed by atoms with Gasteiger partial charge in [0.15, 0.2) is 17.2 Å². The zero-order valence-corrected chi connectivity index (χ0v) is 26.8. The number of allylic oxidation sites excluding steroid dienone is 1. The summed E-state index contributed by atoms with van der Waals surface area (Å²) in [7, 11) is 0. The van der Waals surface area contributed by atoms with Crippen LogP contribution in [0.4, 0.5) is 0 Å². The molecule has 0 radical (unpaired) electrons. The van der Waals surface area contributed by atoms with Crippen molar-refractivity contribution in [3.05, 3.63) is 35.5 Å². The molecule has 238 valence electrons. The number of cyclic esters (lactones) is 1. The van der Waals surface area contributed by atoms with E-state index < -0.39 is 47.7 Å². The van der Waals surface area contributed by atoms with Gasteiger partial charge in [0.2, 0.25) is 0 Å². The van der Waals surface area contributed by atoms with Crippen LogP contribution in [0.1, 0.15) is 100 Å². The van der Waals surface area contributed by atoms with Gasteiger partial charge in [0.25, 0.3) is 0 Å². The summed E-state index contributed by atoms with van der Waals surface area (Å²) in [5.74, 6) is -3.11. The van der Waals surface area contributed by atoms with Gasteiger partial charge in [-0.15, -0.1) is 0 Å². The third kappa shape index (κ3) is 8.41. The highest BCUT2D eigenvalue weighted by Gasteiger charge is 2.59. The van der Waals surface area contributed by atoms with E-state index in [1.807, 2.05) is 67.5 Å². The Morgan fingerprint density at radius 1 is 1.07 bits per heavy atom. The monoisotopic (exact) mass is 590 g/mol. The van der Waals surface area contributed by atoms with Gasteiger partial charge in [0, 0.05) is 24.7 Å². The van der Waals surface area contributed by atoms with E-state index in [1.165, 1.54) is 0 Å². The number of aliphatic hydroxyl groups is 3. The minimum absolute atomic E-state index is 0.0264. The van der Waals surface area contributed by atoms with Crippen molar-refractivity contribution < 1.29 is 39.1 Å². The number of hydrogen-bond donors (Lipinski definition) is 3. The molecule has 3 aliphatic rings. The Bertz CT molecular complexity index is 1050. The van der Waals surface area contributed by atoms with Gasteiger partial charge in [-0.25, -0.2) is 0 Å². The number of Topliss-reactive ketones (excluding diaryl/α,β-unsaturated/α-hetero) is 1. The fourth-order valence-electron chi connectivity index (χ4n) is 6.77. The van der Waals surface area contributed by atoms with E-state index in [2.05, 4.69) is 6.08 Å². The summed E-state index contributed by atoms with van der Waals surface area (Å²) in [5.41, 5.74) is 1.15. The second-order valence-electron chi connectivity index (χ2n) is 13.4. The first kappa shape index (κ1) is 34.6. The second kappa shape index (κ2) is 14.3. The molecule has 3 N–H and O–H groups in total. The highest BCUT2D eigenvalue weighted by Crippen LogP contribution is 2.45. The van der Waals surface area contributed by atoms with Gasteiger partial charge in [0.1, 0.15) is 12.2 Å². The average molecular weight is 591 g/mol. The maximum atomic E-state index is 13.4. The van der Waals surface area contributed by atoms with E-state index in [1.54, 1.807) is 6.08 Å². The average Bonchev–Trinajstić information content (AvgIpc) is 3.65. The van der Waals surface area contributed by atoms with Crippen molar-refractivity contribution in [1.29, 1.82) is 0 Å². The Kier molecular flexibility index (Phi) is 11.8. The molecule has 8 nitrogen and oxygen atoms in total. The van der Waals surface area contributed by atoms with Gasteiger partial charge in [-0.3, -0.25) is 9.59 Å². The van der Waals surface area contributed by atoms with Crippen molar-refractivity contribution >= 4 is 11.8 Å². The van der Waals surface area contributed by atoms with Crippen LogP contribution in [-0.4, -0.2) is 69.0 Å². The van der Waals surface area contributed by atoms with Gasteiger partial charge in [-0.05, 0) is 69.4 Å². The van der Waals surface area contributed by atoms with E-state index in [9.17, 15) is 24.9 Å². The van der Waals surface area contributed by atoms with E-state index in [-0.39, 0.29) is 42.5 Å². The van der Waals surface area contributed by atoms with E-state index in [0.29, 0.717) is 19.3 Å². The molecule has 0 aromatic rings. The Balaban J connectivity index is 1.86. The first-order valence-electron chi connectivity index (χ1n) is 15.8. The zero-order chi connectivity index (χ0) is 31.4. The molecule has 42 heavy (non-hydrogen) atoms. The lowest BCUT2D eigenvalue weighted by atomic mass is 9.79. The van der Waals surface area contributed by atoms with E-state index in [4.69, 9.17) is 14.2 Å². The van der Waals surface area contributed by atoms with Gasteiger partial charge in [-0.2, -0.15) is 0 Å². The summed E-state index contributed by atoms with van der Waals surface area (Å²) < 4.78 is 18.1. The Morgan fingerprint density at radius 2 is 1.74 bits per heavy atom. The lowest BCUT2D eigenvalue weighted by Gasteiger charge is -2.38. The highest BCUT2D eigenvalue weighted by molar-refractivity contribution is 5.89. The molecule has 11 atom stereocenters. The second-order valence-corrected chi connectivity index (χ2v) is 13.4. The third-order valence-corrected chi connectivity index (χ3v) is 9.55. The SMILES string of the molecule is CCC(=O)C1(C)OC1C(C)CC(C)C1OC(=O)CC2(O)CC=C(C)C(O2)C(C)=CCCCC(O)C=CC(C)C(O)C1C. The maximum absolute atomic E-state index is 13.4. The molecule has 3 rings (SSSR count). The summed E-state index contributed by atoms with van der Waals surface area (Å²) in [6.07, 6.45) is 7.70. The number of carbonyl (C=O) groups is 2. The predicted molar refractivity (Wildman–Crippen MR) is 161 cm³/mol. The molecule has 0 amide bonds. The molecule has 0 saturated carbocycles. The predicted octanol–water partition coefficient (Wildman–Crippen LogP) is 5.19. The smallest absolute Gasteiger partial charge is 0.311 e. The minimum Gasteiger partial charge on any atom is -0.462 e. The van der Waals surface area contributed by atoms with Crippen molar-refractivity contribution in [1.82, 2.24) is 0 Å². The molecule has 11 unspecified atom stereocenters. The molecule has 0 aliphatic carbocycles. The largest absolute Gasteiger partial charge is 0.462 e. The minimum atomic E-state index is -1.71. The van der Waals surface area contributed by atoms with Crippen molar-refractivity contribution in [3.63, 3.8) is 0 Å². The normalized spacial score (nSPS) is 40.1. The molecule has 0 aromatic carbocycles. The molecular formula is C34H54O8. The van der Waals surface area contributed by atoms with Crippen molar-refractivity contribution in [2.24, 2.45) is 23.7 Å². The first-order chi connectivity index (χ1) is 19.6. The lowest BCUT2D eigenvalue weighted by Crippen LogP contribution is -2.45. The van der Waals surface area contributed by atoms with Crippen molar-refractivity contribution in [2.45, 2.75) is 142 Å². The van der Waals surface area contributed by atoms with Crippen LogP contribution in [0.2, 0.25) is 0 Å². The quantitative estimate of drug-likeness (QED) is 0.219. The summed E-state index contributed by atoms with van der Waals surface area (Å²) in [5, 5.41) is 33.2. The number of carbonyl (C=O) groups excluding carboxylic acids is 2.